The molecule has 1 aliphatic rings. The van der Waals surface area contributed by atoms with Gasteiger partial charge in [-0.15, -0.1) is 0 Å². The van der Waals surface area contributed by atoms with Crippen molar-refractivity contribution in [3.8, 4) is 0 Å². The topological polar surface area (TPSA) is 91.3 Å². The second-order valence-corrected chi connectivity index (χ2v) is 11.6. The van der Waals surface area contributed by atoms with Gasteiger partial charge in [0.15, 0.2) is 5.79 Å². The molecule has 0 bridgehead atoms. The van der Waals surface area contributed by atoms with E-state index in [-0.39, 0.29) is 36.7 Å². The highest BCUT2D eigenvalue weighted by atomic mass is 16.7. The second kappa shape index (κ2) is 11.8. The van der Waals surface area contributed by atoms with Gasteiger partial charge >= 0.3 is 11.9 Å². The van der Waals surface area contributed by atoms with Gasteiger partial charge in [0.1, 0.15) is 0 Å². The number of aliphatic hydroxyl groups is 1. The van der Waals surface area contributed by atoms with Crippen molar-refractivity contribution in [2.75, 3.05) is 13.2 Å². The molecule has 0 aromatic heterocycles. The monoisotopic (exact) mass is 458 g/mol. The summed E-state index contributed by atoms with van der Waals surface area (Å²) in [6.45, 7) is 17.3. The molecule has 0 aromatic carbocycles. The van der Waals surface area contributed by atoms with E-state index in [1.165, 1.54) is 0 Å². The lowest BCUT2D eigenvalue weighted by molar-refractivity contribution is -0.302. The van der Waals surface area contributed by atoms with Crippen molar-refractivity contribution in [3.05, 3.63) is 0 Å². The number of hydrogen-bond donors (Lipinski definition) is 1. The molecule has 0 aromatic rings. The van der Waals surface area contributed by atoms with E-state index in [4.69, 9.17) is 18.9 Å². The van der Waals surface area contributed by atoms with E-state index in [0.717, 1.165) is 19.3 Å². The summed E-state index contributed by atoms with van der Waals surface area (Å²) in [5.74, 6) is -1.11. The van der Waals surface area contributed by atoms with Gasteiger partial charge in [0, 0.05) is 19.3 Å². The van der Waals surface area contributed by atoms with Gasteiger partial charge in [-0.05, 0) is 74.1 Å². The van der Waals surface area contributed by atoms with Crippen LogP contribution in [0.3, 0.4) is 0 Å². The van der Waals surface area contributed by atoms with Crippen molar-refractivity contribution in [2.45, 2.75) is 119 Å². The molecule has 1 rings (SSSR count). The van der Waals surface area contributed by atoms with Crippen LogP contribution < -0.4 is 0 Å². The largest absolute Gasteiger partial charge is 0.465 e. The van der Waals surface area contributed by atoms with Gasteiger partial charge in [-0.25, -0.2) is 0 Å². The molecule has 0 spiro atoms. The molecule has 1 N–H and O–H groups in total. The number of carbonyl (C=O) groups excluding carboxylic acids is 2. The molecule has 1 aliphatic heterocycles. The minimum absolute atomic E-state index is 0.00966. The molecule has 0 unspecified atom stereocenters. The van der Waals surface area contributed by atoms with Crippen LogP contribution >= 0.6 is 0 Å². The molecule has 1 saturated heterocycles. The fraction of sp³-hybridized carbons (Fsp3) is 0.920. The summed E-state index contributed by atoms with van der Waals surface area (Å²) in [6.07, 6.45) is 2.79. The lowest BCUT2D eigenvalue weighted by atomic mass is 9.93. The van der Waals surface area contributed by atoms with E-state index >= 15 is 0 Å². The van der Waals surface area contributed by atoms with Crippen molar-refractivity contribution in [2.24, 2.45) is 16.7 Å². The average molecular weight is 459 g/mol. The molecule has 0 amide bonds. The Hall–Kier alpha value is -1.18. The zero-order valence-electron chi connectivity index (χ0n) is 21.7. The van der Waals surface area contributed by atoms with Crippen LogP contribution in [0.15, 0.2) is 0 Å². The standard InChI is InChI=1S/C25H46O7/c1-17(20(26)13-15-30-22(28)24(5,6)7)10-11-18-16-19(32-25(8,9)31-18)12-14-29-21(27)23(2,3)4/h17-20,26H,10-16H2,1-9H3/t17-,18+,19-,20+/m0/s1. The third-order valence-corrected chi connectivity index (χ3v) is 5.57. The Morgan fingerprint density at radius 1 is 0.906 bits per heavy atom. The van der Waals surface area contributed by atoms with Gasteiger partial charge in [0.25, 0.3) is 0 Å². The molecule has 32 heavy (non-hydrogen) atoms. The summed E-state index contributed by atoms with van der Waals surface area (Å²) >= 11 is 0. The predicted octanol–water partition coefficient (Wildman–Crippen LogP) is 4.63. The van der Waals surface area contributed by atoms with Crippen LogP contribution in [-0.2, 0) is 28.5 Å². The zero-order valence-corrected chi connectivity index (χ0v) is 21.7. The highest BCUT2D eigenvalue weighted by Gasteiger charge is 2.36. The zero-order chi connectivity index (χ0) is 24.7. The molecule has 188 valence electrons. The van der Waals surface area contributed by atoms with Crippen molar-refractivity contribution in [3.63, 3.8) is 0 Å². The first-order chi connectivity index (χ1) is 14.5. The van der Waals surface area contributed by atoms with Crippen molar-refractivity contribution in [1.82, 2.24) is 0 Å². The Balaban J connectivity index is 2.43. The highest BCUT2D eigenvalue weighted by molar-refractivity contribution is 5.75. The Morgan fingerprint density at radius 2 is 1.38 bits per heavy atom. The first kappa shape index (κ1) is 28.9. The van der Waals surface area contributed by atoms with Crippen molar-refractivity contribution in [1.29, 1.82) is 0 Å². The predicted molar refractivity (Wildman–Crippen MR) is 123 cm³/mol. The van der Waals surface area contributed by atoms with E-state index in [1.54, 1.807) is 0 Å². The third kappa shape index (κ3) is 10.6. The Bertz CT molecular complexity index is 600. The van der Waals surface area contributed by atoms with Crippen molar-refractivity contribution >= 4 is 11.9 Å². The SMILES string of the molecule is C[C@@H](CC[C@@H]1C[C@H](CCOC(=O)C(C)(C)C)OC(C)(C)O1)[C@H](O)CCOC(=O)C(C)(C)C. The number of aliphatic hydroxyl groups excluding tert-OH is 1. The number of rotatable bonds is 10. The minimum Gasteiger partial charge on any atom is -0.465 e. The molecule has 4 atom stereocenters. The van der Waals surface area contributed by atoms with Gasteiger partial charge in [0.05, 0.1) is 42.4 Å². The van der Waals surface area contributed by atoms with Gasteiger partial charge in [-0.1, -0.05) is 6.92 Å². The maximum atomic E-state index is 12.0. The molecule has 0 aliphatic carbocycles. The molecular formula is C25H46O7. The fourth-order valence-electron chi connectivity index (χ4n) is 3.49. The van der Waals surface area contributed by atoms with Gasteiger partial charge in [-0.3, -0.25) is 9.59 Å². The smallest absolute Gasteiger partial charge is 0.311 e. The lowest BCUT2D eigenvalue weighted by Gasteiger charge is -2.41. The van der Waals surface area contributed by atoms with E-state index in [0.29, 0.717) is 19.4 Å². The number of carbonyl (C=O) groups is 2. The molecule has 0 saturated carbocycles. The highest BCUT2D eigenvalue weighted by Crippen LogP contribution is 2.31. The molecule has 1 fully saturated rings. The summed E-state index contributed by atoms with van der Waals surface area (Å²) < 4.78 is 22.8. The molecular weight excluding hydrogens is 412 g/mol. The van der Waals surface area contributed by atoms with Crippen LogP contribution in [0.5, 0.6) is 0 Å². The first-order valence-electron chi connectivity index (χ1n) is 11.9. The Morgan fingerprint density at radius 3 is 1.88 bits per heavy atom. The van der Waals surface area contributed by atoms with E-state index in [2.05, 4.69) is 0 Å². The number of hydrogen-bond acceptors (Lipinski definition) is 7. The van der Waals surface area contributed by atoms with Crippen LogP contribution in [0.4, 0.5) is 0 Å². The van der Waals surface area contributed by atoms with Crippen LogP contribution in [0.1, 0.15) is 94.4 Å². The molecule has 1 heterocycles. The molecule has 0 radical (unpaired) electrons. The number of esters is 2. The average Bonchev–Trinajstić information content (AvgIpc) is 2.63. The lowest BCUT2D eigenvalue weighted by Crippen LogP contribution is -2.45. The summed E-state index contributed by atoms with van der Waals surface area (Å²) in [5, 5.41) is 10.4. The summed E-state index contributed by atoms with van der Waals surface area (Å²) in [6, 6.07) is 0. The quantitative estimate of drug-likeness (QED) is 0.477. The second-order valence-electron chi connectivity index (χ2n) is 11.6. The third-order valence-electron chi connectivity index (χ3n) is 5.57. The molecule has 7 nitrogen and oxygen atoms in total. The molecule has 7 heteroatoms. The normalized spacial score (nSPS) is 23.3. The Labute approximate surface area is 194 Å². The maximum Gasteiger partial charge on any atom is 0.311 e. The van der Waals surface area contributed by atoms with E-state index in [9.17, 15) is 14.7 Å². The van der Waals surface area contributed by atoms with Crippen LogP contribution in [-0.4, -0.2) is 54.4 Å². The fourth-order valence-corrected chi connectivity index (χ4v) is 3.49. The number of ether oxygens (including phenoxy) is 4. The van der Waals surface area contributed by atoms with Crippen LogP contribution in [0.2, 0.25) is 0 Å². The van der Waals surface area contributed by atoms with Crippen LogP contribution in [0, 0.1) is 16.7 Å². The summed E-state index contributed by atoms with van der Waals surface area (Å²) in [7, 11) is 0. The van der Waals surface area contributed by atoms with Gasteiger partial charge in [-0.2, -0.15) is 0 Å². The maximum absolute atomic E-state index is 12.0. The van der Waals surface area contributed by atoms with Crippen LogP contribution in [0.25, 0.3) is 0 Å². The van der Waals surface area contributed by atoms with E-state index in [1.807, 2.05) is 62.3 Å². The summed E-state index contributed by atoms with van der Waals surface area (Å²) in [5.41, 5.74) is -1.05. The van der Waals surface area contributed by atoms with E-state index < -0.39 is 22.7 Å². The van der Waals surface area contributed by atoms with Gasteiger partial charge < -0.3 is 24.1 Å². The summed E-state index contributed by atoms with van der Waals surface area (Å²) in [4.78, 5) is 23.8. The Kier molecular flexibility index (Phi) is 10.6. The minimum atomic E-state index is -0.704. The first-order valence-corrected chi connectivity index (χ1v) is 11.9. The van der Waals surface area contributed by atoms with Crippen molar-refractivity contribution < 1.29 is 33.6 Å². The van der Waals surface area contributed by atoms with Gasteiger partial charge in [0.2, 0.25) is 0 Å².